The van der Waals surface area contributed by atoms with Crippen molar-refractivity contribution in [3.05, 3.63) is 34.9 Å². The zero-order valence-electron chi connectivity index (χ0n) is 13.5. The molecule has 0 saturated heterocycles. The van der Waals surface area contributed by atoms with Gasteiger partial charge in [0.15, 0.2) is 0 Å². The van der Waals surface area contributed by atoms with Crippen molar-refractivity contribution in [2.75, 3.05) is 13.6 Å². The first-order chi connectivity index (χ1) is 9.51. The molecule has 0 aliphatic carbocycles. The molecule has 0 radical (unpaired) electrons. The molecule has 0 aliphatic heterocycles. The molecule has 0 fully saturated rings. The van der Waals surface area contributed by atoms with Gasteiger partial charge in [0.2, 0.25) is 5.91 Å². The van der Waals surface area contributed by atoms with E-state index < -0.39 is 0 Å². The molecule has 0 bridgehead atoms. The zero-order valence-corrected chi connectivity index (χ0v) is 13.5. The molecule has 1 aromatic carbocycles. The summed E-state index contributed by atoms with van der Waals surface area (Å²) in [5.74, 6) is 0.131. The van der Waals surface area contributed by atoms with Crippen LogP contribution in [-0.4, -0.2) is 30.4 Å². The van der Waals surface area contributed by atoms with Crippen LogP contribution in [0.2, 0.25) is 0 Å². The lowest BCUT2D eigenvalue weighted by atomic mass is 10.0. The number of carbonyl (C=O) groups excluding carboxylic acids is 1. The zero-order chi connectivity index (χ0) is 15.1. The minimum Gasteiger partial charge on any atom is -0.351 e. The van der Waals surface area contributed by atoms with Gasteiger partial charge in [0.1, 0.15) is 0 Å². The molecule has 1 N–H and O–H groups in total. The van der Waals surface area contributed by atoms with Crippen LogP contribution >= 0.6 is 0 Å². The van der Waals surface area contributed by atoms with Gasteiger partial charge in [-0.3, -0.25) is 9.69 Å². The van der Waals surface area contributed by atoms with Crippen molar-refractivity contribution in [1.82, 2.24) is 10.2 Å². The predicted molar refractivity (Wildman–Crippen MR) is 84.8 cm³/mol. The van der Waals surface area contributed by atoms with E-state index in [0.29, 0.717) is 6.54 Å². The summed E-state index contributed by atoms with van der Waals surface area (Å²) in [5, 5.41) is 3.09. The maximum Gasteiger partial charge on any atom is 0.237 e. The lowest BCUT2D eigenvalue weighted by Gasteiger charge is -2.26. The van der Waals surface area contributed by atoms with E-state index in [0.717, 1.165) is 19.4 Å². The van der Waals surface area contributed by atoms with Gasteiger partial charge in [0, 0.05) is 6.54 Å². The fourth-order valence-electron chi connectivity index (χ4n) is 2.63. The van der Waals surface area contributed by atoms with Gasteiger partial charge >= 0.3 is 0 Å². The fraction of sp³-hybridized carbons (Fsp3) is 0.588. The van der Waals surface area contributed by atoms with Crippen LogP contribution in [0.25, 0.3) is 0 Å². The van der Waals surface area contributed by atoms with Gasteiger partial charge in [0.05, 0.1) is 6.04 Å². The van der Waals surface area contributed by atoms with Gasteiger partial charge in [-0.05, 0) is 57.0 Å². The molecule has 1 aromatic rings. The van der Waals surface area contributed by atoms with Crippen LogP contribution in [0, 0.1) is 13.8 Å². The Morgan fingerprint density at radius 3 is 2.35 bits per heavy atom. The molecule has 112 valence electrons. The fourth-order valence-corrected chi connectivity index (χ4v) is 2.63. The van der Waals surface area contributed by atoms with E-state index in [1.807, 2.05) is 7.05 Å². The second kappa shape index (κ2) is 8.05. The molecule has 1 amide bonds. The summed E-state index contributed by atoms with van der Waals surface area (Å²) in [4.78, 5) is 14.5. The molecule has 3 heteroatoms. The molecule has 0 heterocycles. The van der Waals surface area contributed by atoms with Crippen molar-refractivity contribution in [1.29, 1.82) is 0 Å². The largest absolute Gasteiger partial charge is 0.351 e. The van der Waals surface area contributed by atoms with Gasteiger partial charge in [-0.1, -0.05) is 32.0 Å². The van der Waals surface area contributed by atoms with Gasteiger partial charge in [-0.15, -0.1) is 0 Å². The highest BCUT2D eigenvalue weighted by molar-refractivity contribution is 5.81. The van der Waals surface area contributed by atoms with Gasteiger partial charge < -0.3 is 5.32 Å². The lowest BCUT2D eigenvalue weighted by molar-refractivity contribution is -0.126. The first-order valence-corrected chi connectivity index (χ1v) is 7.54. The Morgan fingerprint density at radius 2 is 1.85 bits per heavy atom. The second-order valence-corrected chi connectivity index (χ2v) is 5.49. The molecular weight excluding hydrogens is 248 g/mol. The van der Waals surface area contributed by atoms with E-state index >= 15 is 0 Å². The Bertz CT molecular complexity index is 422. The Hall–Kier alpha value is -1.35. The highest BCUT2D eigenvalue weighted by Crippen LogP contribution is 2.13. The van der Waals surface area contributed by atoms with Crippen molar-refractivity contribution in [2.45, 2.75) is 53.1 Å². The Balaban J connectivity index is 2.66. The minimum atomic E-state index is -0.0284. The number of aryl methyl sites for hydroxylation is 2. The number of amides is 1. The number of hydrogen-bond acceptors (Lipinski definition) is 2. The van der Waals surface area contributed by atoms with Crippen LogP contribution in [0.3, 0.4) is 0 Å². The number of carbonyl (C=O) groups is 1. The van der Waals surface area contributed by atoms with Crippen molar-refractivity contribution in [3.63, 3.8) is 0 Å². The van der Waals surface area contributed by atoms with Crippen LogP contribution in [0.15, 0.2) is 18.2 Å². The third-order valence-corrected chi connectivity index (χ3v) is 3.88. The highest BCUT2D eigenvalue weighted by atomic mass is 16.2. The van der Waals surface area contributed by atoms with E-state index in [4.69, 9.17) is 0 Å². The molecule has 0 spiro atoms. The van der Waals surface area contributed by atoms with Crippen LogP contribution in [0.4, 0.5) is 0 Å². The van der Waals surface area contributed by atoms with Crippen LogP contribution in [-0.2, 0) is 11.3 Å². The average Bonchev–Trinajstić information content (AvgIpc) is 2.39. The predicted octanol–water partition coefficient (Wildman–Crippen LogP) is 3.04. The third kappa shape index (κ3) is 4.34. The summed E-state index contributed by atoms with van der Waals surface area (Å²) < 4.78 is 0. The molecule has 20 heavy (non-hydrogen) atoms. The third-order valence-electron chi connectivity index (χ3n) is 3.88. The Labute approximate surface area is 123 Å². The van der Waals surface area contributed by atoms with Crippen LogP contribution in [0.5, 0.6) is 0 Å². The molecule has 1 rings (SSSR count). The van der Waals surface area contributed by atoms with Crippen LogP contribution < -0.4 is 5.32 Å². The summed E-state index contributed by atoms with van der Waals surface area (Å²) in [6.45, 7) is 9.96. The van der Waals surface area contributed by atoms with Gasteiger partial charge in [0.25, 0.3) is 0 Å². The van der Waals surface area contributed by atoms with Crippen molar-refractivity contribution < 1.29 is 4.79 Å². The first-order valence-electron chi connectivity index (χ1n) is 7.54. The molecular formula is C17H28N2O. The van der Waals surface area contributed by atoms with E-state index in [1.165, 1.54) is 16.7 Å². The minimum absolute atomic E-state index is 0.0284. The summed E-state index contributed by atoms with van der Waals surface area (Å²) in [6, 6.07) is 6.21. The van der Waals surface area contributed by atoms with Crippen molar-refractivity contribution >= 4 is 5.91 Å². The van der Waals surface area contributed by atoms with Gasteiger partial charge in [-0.25, -0.2) is 0 Å². The van der Waals surface area contributed by atoms with Gasteiger partial charge in [-0.2, -0.15) is 0 Å². The Morgan fingerprint density at radius 1 is 1.25 bits per heavy atom. The molecule has 0 aromatic heterocycles. The first kappa shape index (κ1) is 16.7. The Kier molecular flexibility index (Phi) is 6.73. The van der Waals surface area contributed by atoms with Crippen molar-refractivity contribution in [3.8, 4) is 0 Å². The summed E-state index contributed by atoms with van der Waals surface area (Å²) in [6.07, 6.45) is 1.91. The molecule has 1 unspecified atom stereocenters. The number of nitrogens with zero attached hydrogens (tertiary/aromatic N) is 1. The molecule has 3 nitrogen and oxygen atoms in total. The standard InChI is InChI=1S/C17H28N2O/c1-6-11-19(5)16(7-2)17(20)18-12-15-13(3)9-8-10-14(15)4/h8-10,16H,6-7,11-12H2,1-5H3,(H,18,20). The maximum absolute atomic E-state index is 12.3. The SMILES string of the molecule is CCCN(C)C(CC)C(=O)NCc1c(C)cccc1C. The molecule has 0 aliphatic rings. The summed E-state index contributed by atoms with van der Waals surface area (Å²) in [5.41, 5.74) is 3.70. The monoisotopic (exact) mass is 276 g/mol. The quantitative estimate of drug-likeness (QED) is 0.830. The number of hydrogen-bond donors (Lipinski definition) is 1. The maximum atomic E-state index is 12.3. The summed E-state index contributed by atoms with van der Waals surface area (Å²) >= 11 is 0. The average molecular weight is 276 g/mol. The van der Waals surface area contributed by atoms with E-state index in [2.05, 4.69) is 56.1 Å². The van der Waals surface area contributed by atoms with E-state index in [1.54, 1.807) is 0 Å². The number of likely N-dealkylation sites (N-methyl/N-ethyl adjacent to an activating group) is 1. The number of benzene rings is 1. The lowest BCUT2D eigenvalue weighted by Crippen LogP contribution is -2.44. The van der Waals surface area contributed by atoms with E-state index in [-0.39, 0.29) is 11.9 Å². The molecule has 0 saturated carbocycles. The topological polar surface area (TPSA) is 32.3 Å². The molecule has 1 atom stereocenters. The summed E-state index contributed by atoms with van der Waals surface area (Å²) in [7, 11) is 2.02. The van der Waals surface area contributed by atoms with Crippen molar-refractivity contribution in [2.24, 2.45) is 0 Å². The number of rotatable bonds is 7. The van der Waals surface area contributed by atoms with E-state index in [9.17, 15) is 4.79 Å². The van der Waals surface area contributed by atoms with Crippen LogP contribution in [0.1, 0.15) is 43.4 Å². The number of nitrogens with one attached hydrogen (secondary N) is 1. The normalized spacial score (nSPS) is 12.5. The second-order valence-electron chi connectivity index (χ2n) is 5.49. The smallest absolute Gasteiger partial charge is 0.237 e. The highest BCUT2D eigenvalue weighted by Gasteiger charge is 2.20.